The van der Waals surface area contributed by atoms with Crippen LogP contribution < -0.4 is 23.5 Å². The Labute approximate surface area is 162 Å². The van der Waals surface area contributed by atoms with Gasteiger partial charge >= 0.3 is 0 Å². The molecule has 3 heterocycles. The number of nitrogens with zero attached hydrogens (tertiary/aromatic N) is 1. The predicted molar refractivity (Wildman–Crippen MR) is 102 cm³/mol. The van der Waals surface area contributed by atoms with E-state index >= 15 is 0 Å². The normalized spacial score (nSPS) is 13.9. The van der Waals surface area contributed by atoms with Crippen LogP contribution in [0.4, 0.5) is 4.39 Å². The lowest BCUT2D eigenvalue weighted by atomic mass is 9.95. The molecule has 0 aliphatic carbocycles. The smallest absolute Gasteiger partial charge is 0.231 e. The van der Waals surface area contributed by atoms with Gasteiger partial charge in [0.15, 0.2) is 35.7 Å². The molecule has 0 saturated carbocycles. The van der Waals surface area contributed by atoms with Crippen molar-refractivity contribution < 1.29 is 27.9 Å². The molecule has 6 heteroatoms. The van der Waals surface area contributed by atoms with Gasteiger partial charge in [0, 0.05) is 18.9 Å². The zero-order chi connectivity index (χ0) is 19.1. The third-order valence-electron chi connectivity index (χ3n) is 5.32. The van der Waals surface area contributed by atoms with Crippen molar-refractivity contribution in [3.63, 3.8) is 0 Å². The first kappa shape index (κ1) is 17.1. The summed E-state index contributed by atoms with van der Waals surface area (Å²) in [6.07, 6.45) is 3.38. The average Bonchev–Trinajstić information content (AvgIpc) is 3.18. The molecule has 3 aromatic rings. The number of ether oxygens (including phenoxy) is 4. The third-order valence-corrected chi connectivity index (χ3v) is 5.32. The van der Waals surface area contributed by atoms with Crippen LogP contribution in [-0.2, 0) is 13.0 Å². The molecule has 5 nitrogen and oxygen atoms in total. The molecule has 0 fully saturated rings. The standard InChI is InChI=1S/C22H21FNO4/c1-25-19-4-3-14-9-18-16-11-21-20(27-13-28-21)10-15(16)5-7-24(18)12-17(14)22(19)26-8-2-6-23/h3-4,9-12H,2,5-8,13H2,1H3/q+1. The average molecular weight is 382 g/mol. The Bertz CT molecular complexity index is 1070. The predicted octanol–water partition coefficient (Wildman–Crippen LogP) is 3.83. The van der Waals surface area contributed by atoms with Crippen molar-refractivity contribution in [3.8, 4) is 34.3 Å². The van der Waals surface area contributed by atoms with Crippen LogP contribution in [0.25, 0.3) is 22.0 Å². The first-order chi connectivity index (χ1) is 13.8. The van der Waals surface area contributed by atoms with Gasteiger partial charge < -0.3 is 18.9 Å². The Kier molecular flexibility index (Phi) is 4.19. The van der Waals surface area contributed by atoms with Crippen LogP contribution in [0.3, 0.4) is 0 Å². The molecular weight excluding hydrogens is 361 g/mol. The van der Waals surface area contributed by atoms with Crippen molar-refractivity contribution in [1.82, 2.24) is 0 Å². The summed E-state index contributed by atoms with van der Waals surface area (Å²) in [4.78, 5) is 0. The Morgan fingerprint density at radius 2 is 2.00 bits per heavy atom. The molecule has 2 aromatic carbocycles. The second kappa shape index (κ2) is 6.86. The minimum atomic E-state index is -0.399. The lowest BCUT2D eigenvalue weighted by Crippen LogP contribution is -2.40. The number of aryl methyl sites for hydroxylation is 2. The van der Waals surface area contributed by atoms with Gasteiger partial charge in [-0.3, -0.25) is 4.39 Å². The van der Waals surface area contributed by atoms with E-state index in [9.17, 15) is 4.39 Å². The minimum absolute atomic E-state index is 0.273. The van der Waals surface area contributed by atoms with Crippen molar-refractivity contribution in [2.45, 2.75) is 19.4 Å². The number of halogens is 1. The van der Waals surface area contributed by atoms with Crippen LogP contribution >= 0.6 is 0 Å². The van der Waals surface area contributed by atoms with Gasteiger partial charge in [0.05, 0.1) is 31.3 Å². The molecule has 0 N–H and O–H groups in total. The van der Waals surface area contributed by atoms with Crippen LogP contribution in [0.5, 0.6) is 23.0 Å². The van der Waals surface area contributed by atoms with Crippen molar-refractivity contribution in [2.75, 3.05) is 27.2 Å². The molecule has 0 amide bonds. The van der Waals surface area contributed by atoms with Crippen molar-refractivity contribution in [3.05, 3.63) is 42.1 Å². The number of fused-ring (bicyclic) bond motifs is 5. The van der Waals surface area contributed by atoms with Gasteiger partial charge in [0.2, 0.25) is 12.5 Å². The van der Waals surface area contributed by atoms with Crippen molar-refractivity contribution in [1.29, 1.82) is 0 Å². The Balaban J connectivity index is 1.65. The second-order valence-electron chi connectivity index (χ2n) is 6.96. The van der Waals surface area contributed by atoms with E-state index in [2.05, 4.69) is 29.0 Å². The second-order valence-corrected chi connectivity index (χ2v) is 6.96. The van der Waals surface area contributed by atoms with Crippen LogP contribution in [0.1, 0.15) is 12.0 Å². The fourth-order valence-electron chi connectivity index (χ4n) is 3.94. The van der Waals surface area contributed by atoms with E-state index in [0.717, 1.165) is 46.5 Å². The molecule has 1 aromatic heterocycles. The number of hydrogen-bond acceptors (Lipinski definition) is 4. The molecule has 5 rings (SSSR count). The molecule has 0 unspecified atom stereocenters. The summed E-state index contributed by atoms with van der Waals surface area (Å²) in [5, 5.41) is 2.01. The van der Waals surface area contributed by atoms with E-state index < -0.39 is 6.67 Å². The van der Waals surface area contributed by atoms with Gasteiger partial charge in [-0.25, -0.2) is 0 Å². The van der Waals surface area contributed by atoms with Crippen molar-refractivity contribution in [2.24, 2.45) is 0 Å². The third kappa shape index (κ3) is 2.71. The first-order valence-electron chi connectivity index (χ1n) is 9.44. The number of alkyl halides is 1. The first-order valence-corrected chi connectivity index (χ1v) is 9.44. The maximum absolute atomic E-state index is 12.5. The monoisotopic (exact) mass is 382 g/mol. The van der Waals surface area contributed by atoms with E-state index in [1.54, 1.807) is 7.11 Å². The Hall–Kier alpha value is -3.02. The minimum Gasteiger partial charge on any atom is -0.493 e. The maximum Gasteiger partial charge on any atom is 0.231 e. The molecule has 0 bridgehead atoms. The maximum atomic E-state index is 12.5. The number of hydrogen-bond donors (Lipinski definition) is 0. The molecule has 2 aliphatic rings. The molecular formula is C22H21FNO4+. The Morgan fingerprint density at radius 3 is 2.82 bits per heavy atom. The summed E-state index contributed by atoms with van der Waals surface area (Å²) in [5.41, 5.74) is 3.55. The van der Waals surface area contributed by atoms with Crippen molar-refractivity contribution >= 4 is 10.8 Å². The van der Waals surface area contributed by atoms with Gasteiger partial charge in [-0.2, -0.15) is 4.57 Å². The number of rotatable bonds is 5. The molecule has 0 radical (unpaired) electrons. The van der Waals surface area contributed by atoms with Crippen LogP contribution in [0.15, 0.2) is 36.5 Å². The molecule has 0 saturated heterocycles. The number of aromatic nitrogens is 1. The highest BCUT2D eigenvalue weighted by atomic mass is 19.1. The van der Waals surface area contributed by atoms with E-state index in [1.807, 2.05) is 12.1 Å². The highest BCUT2D eigenvalue weighted by Gasteiger charge is 2.28. The van der Waals surface area contributed by atoms with Crippen LogP contribution in [0, 0.1) is 0 Å². The summed E-state index contributed by atoms with van der Waals surface area (Å²) >= 11 is 0. The highest BCUT2D eigenvalue weighted by Crippen LogP contribution is 2.41. The molecule has 144 valence electrons. The quantitative estimate of drug-likeness (QED) is 0.497. The summed E-state index contributed by atoms with van der Waals surface area (Å²) in [6, 6.07) is 10.2. The SMILES string of the molecule is COc1ccc2cc3[n+](cc2c1OCCCF)CCc1cc2c(cc1-3)OCO2. The van der Waals surface area contributed by atoms with Gasteiger partial charge in [-0.05, 0) is 35.2 Å². The number of pyridine rings is 1. The van der Waals surface area contributed by atoms with E-state index in [1.165, 1.54) is 5.56 Å². The lowest BCUT2D eigenvalue weighted by molar-refractivity contribution is -0.686. The fraction of sp³-hybridized carbons (Fsp3) is 0.318. The molecule has 0 atom stereocenters. The highest BCUT2D eigenvalue weighted by molar-refractivity contribution is 5.91. The van der Waals surface area contributed by atoms with E-state index in [0.29, 0.717) is 24.5 Å². The number of benzene rings is 2. The zero-order valence-electron chi connectivity index (χ0n) is 15.7. The fourth-order valence-corrected chi connectivity index (χ4v) is 3.94. The van der Waals surface area contributed by atoms with Gasteiger partial charge in [-0.1, -0.05) is 0 Å². The largest absolute Gasteiger partial charge is 0.493 e. The van der Waals surface area contributed by atoms with E-state index in [-0.39, 0.29) is 6.79 Å². The molecule has 2 aliphatic heterocycles. The van der Waals surface area contributed by atoms with E-state index in [4.69, 9.17) is 18.9 Å². The zero-order valence-corrected chi connectivity index (χ0v) is 15.7. The summed E-state index contributed by atoms with van der Waals surface area (Å²) in [5.74, 6) is 2.94. The number of methoxy groups -OCH3 is 1. The van der Waals surface area contributed by atoms with Gasteiger partial charge in [0.25, 0.3) is 0 Å². The Morgan fingerprint density at radius 1 is 1.14 bits per heavy atom. The molecule has 0 spiro atoms. The van der Waals surface area contributed by atoms with Gasteiger partial charge in [-0.15, -0.1) is 0 Å². The summed E-state index contributed by atoms with van der Waals surface area (Å²) < 4.78 is 37.2. The topological polar surface area (TPSA) is 40.8 Å². The molecule has 28 heavy (non-hydrogen) atoms. The van der Waals surface area contributed by atoms with Crippen LogP contribution in [-0.4, -0.2) is 27.2 Å². The summed E-state index contributed by atoms with van der Waals surface area (Å²) in [6.45, 7) is 1.05. The van der Waals surface area contributed by atoms with Gasteiger partial charge in [0.1, 0.15) is 0 Å². The van der Waals surface area contributed by atoms with Crippen LogP contribution in [0.2, 0.25) is 0 Å². The lowest BCUT2D eigenvalue weighted by Gasteiger charge is -2.18. The summed E-state index contributed by atoms with van der Waals surface area (Å²) in [7, 11) is 1.62.